The van der Waals surface area contributed by atoms with Crippen molar-refractivity contribution in [2.45, 2.75) is 26.2 Å². The average molecular weight is 378 g/mol. The lowest BCUT2D eigenvalue weighted by Crippen LogP contribution is -2.48. The van der Waals surface area contributed by atoms with Crippen molar-refractivity contribution in [3.8, 4) is 0 Å². The first-order valence-electron chi connectivity index (χ1n) is 9.12. The van der Waals surface area contributed by atoms with Crippen molar-refractivity contribution in [3.05, 3.63) is 24.3 Å². The van der Waals surface area contributed by atoms with E-state index < -0.39 is 11.2 Å². The predicted molar refractivity (Wildman–Crippen MR) is 101 cm³/mol. The van der Waals surface area contributed by atoms with Crippen LogP contribution in [0.1, 0.15) is 26.2 Å². The summed E-state index contributed by atoms with van der Waals surface area (Å²) in [6.45, 7) is 5.46. The third-order valence-corrected chi connectivity index (χ3v) is 5.38. The highest BCUT2D eigenvalue weighted by atomic mass is 35.5. The minimum atomic E-state index is -0.451. The third kappa shape index (κ3) is 4.01. The van der Waals surface area contributed by atoms with Gasteiger partial charge < -0.3 is 14.7 Å². The fraction of sp³-hybridized carbons (Fsp3) is 0.526. The molecule has 1 atom stereocenters. The average Bonchev–Trinajstić information content (AvgIpc) is 3.04. The van der Waals surface area contributed by atoms with Crippen LogP contribution in [-0.4, -0.2) is 54.7 Å². The van der Waals surface area contributed by atoms with Crippen molar-refractivity contribution in [2.24, 2.45) is 5.92 Å². The van der Waals surface area contributed by atoms with Gasteiger partial charge in [0.25, 0.3) is 0 Å². The Morgan fingerprint density at radius 2 is 1.69 bits per heavy atom. The SMILES string of the molecule is CCCC(=O)N1CCN(c2ccc(N3C[C@@H](C(=O)Cl)CC3=O)cc2)CC1. The maximum absolute atomic E-state index is 12.1. The minimum Gasteiger partial charge on any atom is -0.368 e. The zero-order chi connectivity index (χ0) is 18.7. The van der Waals surface area contributed by atoms with Crippen LogP contribution in [0.5, 0.6) is 0 Å². The Bertz CT molecular complexity index is 684. The lowest BCUT2D eigenvalue weighted by atomic mass is 10.1. The van der Waals surface area contributed by atoms with Crippen molar-refractivity contribution in [2.75, 3.05) is 42.5 Å². The molecule has 2 amide bonds. The molecule has 2 aliphatic heterocycles. The molecule has 2 aliphatic rings. The van der Waals surface area contributed by atoms with Gasteiger partial charge in [-0.05, 0) is 42.3 Å². The molecule has 140 valence electrons. The number of halogens is 1. The molecule has 0 aromatic heterocycles. The highest BCUT2D eigenvalue weighted by molar-refractivity contribution is 6.64. The number of rotatable bonds is 5. The van der Waals surface area contributed by atoms with E-state index in [1.807, 2.05) is 36.1 Å². The largest absolute Gasteiger partial charge is 0.368 e. The minimum absolute atomic E-state index is 0.0696. The first-order chi connectivity index (χ1) is 12.5. The van der Waals surface area contributed by atoms with Crippen LogP contribution in [0.15, 0.2) is 24.3 Å². The zero-order valence-corrected chi connectivity index (χ0v) is 15.7. The maximum atomic E-state index is 12.1. The highest BCUT2D eigenvalue weighted by Crippen LogP contribution is 2.28. The number of benzene rings is 1. The molecule has 0 radical (unpaired) electrons. The van der Waals surface area contributed by atoms with Crippen LogP contribution in [0.3, 0.4) is 0 Å². The van der Waals surface area contributed by atoms with Crippen LogP contribution in [-0.2, 0) is 14.4 Å². The molecule has 7 heteroatoms. The molecule has 6 nitrogen and oxygen atoms in total. The molecule has 0 unspecified atom stereocenters. The van der Waals surface area contributed by atoms with Crippen LogP contribution < -0.4 is 9.80 Å². The summed E-state index contributed by atoms with van der Waals surface area (Å²) < 4.78 is 0. The van der Waals surface area contributed by atoms with Gasteiger partial charge in [-0.3, -0.25) is 14.4 Å². The van der Waals surface area contributed by atoms with Crippen molar-refractivity contribution in [1.82, 2.24) is 4.90 Å². The Balaban J connectivity index is 1.60. The van der Waals surface area contributed by atoms with Gasteiger partial charge >= 0.3 is 0 Å². The van der Waals surface area contributed by atoms with Crippen LogP contribution in [0.4, 0.5) is 11.4 Å². The summed E-state index contributed by atoms with van der Waals surface area (Å²) in [5.41, 5.74) is 1.86. The molecule has 3 rings (SSSR count). The van der Waals surface area contributed by atoms with Gasteiger partial charge in [-0.1, -0.05) is 6.92 Å². The van der Waals surface area contributed by atoms with Crippen LogP contribution in [0.2, 0.25) is 0 Å². The van der Waals surface area contributed by atoms with Gasteiger partial charge in [0.2, 0.25) is 17.1 Å². The van der Waals surface area contributed by atoms with E-state index >= 15 is 0 Å². The smallest absolute Gasteiger partial charge is 0.227 e. The Kier molecular flexibility index (Phi) is 5.81. The molecule has 1 aromatic rings. The monoisotopic (exact) mass is 377 g/mol. The molecule has 1 aromatic carbocycles. The summed E-state index contributed by atoms with van der Waals surface area (Å²) in [5, 5.41) is -0.451. The van der Waals surface area contributed by atoms with E-state index in [9.17, 15) is 14.4 Å². The normalized spacial score (nSPS) is 20.6. The predicted octanol–water partition coefficient (Wildman–Crippen LogP) is 2.25. The Morgan fingerprint density at radius 3 is 2.23 bits per heavy atom. The number of carbonyl (C=O) groups is 3. The molecule has 0 spiro atoms. The van der Waals surface area contributed by atoms with Crippen molar-refractivity contribution < 1.29 is 14.4 Å². The summed E-state index contributed by atoms with van der Waals surface area (Å²) in [5.74, 6) is -0.254. The topological polar surface area (TPSA) is 60.9 Å². The van der Waals surface area contributed by atoms with E-state index in [0.29, 0.717) is 13.0 Å². The number of anilines is 2. The molecular weight excluding hydrogens is 354 g/mol. The van der Waals surface area contributed by atoms with Gasteiger partial charge in [-0.15, -0.1) is 0 Å². The van der Waals surface area contributed by atoms with Crippen molar-refractivity contribution >= 4 is 40.0 Å². The van der Waals surface area contributed by atoms with Crippen LogP contribution in [0.25, 0.3) is 0 Å². The lowest BCUT2D eigenvalue weighted by Gasteiger charge is -2.36. The summed E-state index contributed by atoms with van der Waals surface area (Å²) in [6.07, 6.45) is 1.67. The number of hydrogen-bond acceptors (Lipinski definition) is 4. The second kappa shape index (κ2) is 8.08. The van der Waals surface area contributed by atoms with Crippen LogP contribution in [0, 0.1) is 5.92 Å². The standard InChI is InChI=1S/C19H24ClN3O3/c1-2-3-17(24)22-10-8-21(9-11-22)15-4-6-16(7-5-15)23-13-14(19(20)26)12-18(23)25/h4-7,14H,2-3,8-13H2,1H3/t14-/m0/s1. The summed E-state index contributed by atoms with van der Waals surface area (Å²) in [6, 6.07) is 7.79. The van der Waals surface area contributed by atoms with Crippen LogP contribution >= 0.6 is 11.6 Å². The maximum Gasteiger partial charge on any atom is 0.227 e. The number of hydrogen-bond donors (Lipinski definition) is 0. The molecule has 0 saturated carbocycles. The lowest BCUT2D eigenvalue weighted by molar-refractivity contribution is -0.131. The van der Waals surface area contributed by atoms with Gasteiger partial charge in [0.15, 0.2) is 0 Å². The molecule has 0 N–H and O–H groups in total. The number of nitrogens with zero attached hydrogens (tertiary/aromatic N) is 3. The van der Waals surface area contributed by atoms with E-state index in [2.05, 4.69) is 4.90 Å². The number of piperazine rings is 1. The second-order valence-corrected chi connectivity index (χ2v) is 7.22. The molecule has 26 heavy (non-hydrogen) atoms. The molecule has 2 heterocycles. The van der Waals surface area contributed by atoms with Gasteiger partial charge in [0, 0.05) is 56.9 Å². The fourth-order valence-electron chi connectivity index (χ4n) is 3.54. The molecule has 2 saturated heterocycles. The van der Waals surface area contributed by atoms with E-state index in [0.717, 1.165) is 44.0 Å². The summed E-state index contributed by atoms with van der Waals surface area (Å²) in [4.78, 5) is 41.2. The van der Waals surface area contributed by atoms with E-state index in [-0.39, 0.29) is 18.2 Å². The highest BCUT2D eigenvalue weighted by Gasteiger charge is 2.34. The summed E-state index contributed by atoms with van der Waals surface area (Å²) >= 11 is 5.53. The van der Waals surface area contributed by atoms with Crippen molar-refractivity contribution in [1.29, 1.82) is 0 Å². The zero-order valence-electron chi connectivity index (χ0n) is 15.0. The van der Waals surface area contributed by atoms with Gasteiger partial charge in [0.1, 0.15) is 0 Å². The third-order valence-electron chi connectivity index (χ3n) is 5.07. The molecule has 0 aliphatic carbocycles. The molecule has 2 fully saturated rings. The number of carbonyl (C=O) groups excluding carboxylic acids is 3. The first kappa shape index (κ1) is 18.7. The number of amides is 2. The van der Waals surface area contributed by atoms with Gasteiger partial charge in [-0.25, -0.2) is 0 Å². The molecular formula is C19H24ClN3O3. The van der Waals surface area contributed by atoms with Gasteiger partial charge in [-0.2, -0.15) is 0 Å². The summed E-state index contributed by atoms with van der Waals surface area (Å²) in [7, 11) is 0. The van der Waals surface area contributed by atoms with E-state index in [1.54, 1.807) is 4.90 Å². The van der Waals surface area contributed by atoms with Crippen molar-refractivity contribution in [3.63, 3.8) is 0 Å². The second-order valence-electron chi connectivity index (χ2n) is 6.84. The quantitative estimate of drug-likeness (QED) is 0.738. The fourth-order valence-corrected chi connectivity index (χ4v) is 3.68. The first-order valence-corrected chi connectivity index (χ1v) is 9.50. The Morgan fingerprint density at radius 1 is 1.08 bits per heavy atom. The Hall–Kier alpha value is -2.08. The Labute approximate surface area is 158 Å². The van der Waals surface area contributed by atoms with E-state index in [4.69, 9.17) is 11.6 Å². The van der Waals surface area contributed by atoms with E-state index in [1.165, 1.54) is 0 Å². The molecule has 0 bridgehead atoms. The van der Waals surface area contributed by atoms with Gasteiger partial charge in [0.05, 0.1) is 5.92 Å².